The molecule has 0 radical (unpaired) electrons. The van der Waals surface area contributed by atoms with Crippen LogP contribution in [0.5, 0.6) is 0 Å². The van der Waals surface area contributed by atoms with Crippen LogP contribution in [-0.2, 0) is 19.4 Å². The number of rotatable bonds is 5. The predicted octanol–water partition coefficient (Wildman–Crippen LogP) is 2.93. The van der Waals surface area contributed by atoms with Gasteiger partial charge in [-0.3, -0.25) is 0 Å². The van der Waals surface area contributed by atoms with Gasteiger partial charge in [0, 0.05) is 18.3 Å². The molecule has 0 spiro atoms. The maximum Gasteiger partial charge on any atom is 0.0951 e. The van der Waals surface area contributed by atoms with Crippen molar-refractivity contribution in [1.82, 2.24) is 14.9 Å². The van der Waals surface area contributed by atoms with E-state index in [0.717, 1.165) is 18.5 Å². The number of hydrogen-bond acceptors (Lipinski definition) is 2. The van der Waals surface area contributed by atoms with Crippen molar-refractivity contribution < 1.29 is 0 Å². The van der Waals surface area contributed by atoms with Crippen LogP contribution < -0.4 is 5.32 Å². The molecule has 2 aliphatic rings. The summed E-state index contributed by atoms with van der Waals surface area (Å²) in [6, 6.07) is 0.768. The average Bonchev–Trinajstić information content (AvgIpc) is 3.04. The molecular formula is C16H27N3. The van der Waals surface area contributed by atoms with Crippen molar-refractivity contribution in [3.05, 3.63) is 17.7 Å². The number of imidazole rings is 1. The smallest absolute Gasteiger partial charge is 0.0951 e. The summed E-state index contributed by atoms with van der Waals surface area (Å²) in [6.45, 7) is 4.51. The Balaban J connectivity index is 1.58. The minimum absolute atomic E-state index is 0.768. The summed E-state index contributed by atoms with van der Waals surface area (Å²) in [7, 11) is 0. The fourth-order valence-electron chi connectivity index (χ4n) is 3.94. The molecule has 1 aromatic rings. The molecule has 3 heteroatoms. The van der Waals surface area contributed by atoms with Crippen LogP contribution in [0.1, 0.15) is 56.8 Å². The standard InChI is InChI=1S/C16H27N3/c1-2-17-14-8-5-6-13(14)10-11-19-12-18-15-7-3-4-9-16(15)19/h12-14,17H,2-11H2,1H3. The van der Waals surface area contributed by atoms with E-state index in [1.54, 1.807) is 0 Å². The molecule has 1 N–H and O–H groups in total. The van der Waals surface area contributed by atoms with E-state index in [4.69, 9.17) is 0 Å². The summed E-state index contributed by atoms with van der Waals surface area (Å²) in [5, 5.41) is 3.66. The highest BCUT2D eigenvalue weighted by atomic mass is 15.1. The quantitative estimate of drug-likeness (QED) is 0.883. The minimum Gasteiger partial charge on any atom is -0.334 e. The number of hydrogen-bond donors (Lipinski definition) is 1. The number of nitrogens with one attached hydrogen (secondary N) is 1. The minimum atomic E-state index is 0.768. The molecule has 1 heterocycles. The molecule has 0 aromatic carbocycles. The molecule has 3 nitrogen and oxygen atoms in total. The second-order valence-electron chi connectivity index (χ2n) is 6.18. The van der Waals surface area contributed by atoms with Crippen LogP contribution in [0.4, 0.5) is 0 Å². The first-order valence-corrected chi connectivity index (χ1v) is 8.14. The molecule has 3 rings (SSSR count). The van der Waals surface area contributed by atoms with Crippen molar-refractivity contribution in [2.45, 2.75) is 70.9 Å². The second kappa shape index (κ2) is 6.08. The van der Waals surface area contributed by atoms with Crippen molar-refractivity contribution in [3.63, 3.8) is 0 Å². The molecule has 2 atom stereocenters. The van der Waals surface area contributed by atoms with Gasteiger partial charge in [-0.1, -0.05) is 13.3 Å². The molecule has 19 heavy (non-hydrogen) atoms. The zero-order valence-electron chi connectivity index (χ0n) is 12.2. The van der Waals surface area contributed by atoms with Gasteiger partial charge in [-0.25, -0.2) is 4.98 Å². The lowest BCUT2D eigenvalue weighted by molar-refractivity contribution is 0.363. The SMILES string of the molecule is CCNC1CCCC1CCn1cnc2c1CCCC2. The molecule has 0 amide bonds. The Morgan fingerprint density at radius 1 is 1.26 bits per heavy atom. The normalized spacial score (nSPS) is 26.6. The van der Waals surface area contributed by atoms with E-state index < -0.39 is 0 Å². The van der Waals surface area contributed by atoms with Crippen LogP contribution in [0.2, 0.25) is 0 Å². The van der Waals surface area contributed by atoms with E-state index in [0.29, 0.717) is 0 Å². The lowest BCUT2D eigenvalue weighted by Gasteiger charge is -2.21. The third-order valence-corrected chi connectivity index (χ3v) is 4.98. The first kappa shape index (κ1) is 13.2. The Labute approximate surface area is 116 Å². The Bertz CT molecular complexity index is 410. The fourth-order valence-corrected chi connectivity index (χ4v) is 3.94. The molecule has 0 aliphatic heterocycles. The Hall–Kier alpha value is -0.830. The maximum atomic E-state index is 4.60. The van der Waals surface area contributed by atoms with Crippen molar-refractivity contribution in [3.8, 4) is 0 Å². The van der Waals surface area contributed by atoms with Gasteiger partial charge in [0.1, 0.15) is 0 Å². The lowest BCUT2D eigenvalue weighted by Crippen LogP contribution is -2.32. The van der Waals surface area contributed by atoms with Crippen molar-refractivity contribution in [2.24, 2.45) is 5.92 Å². The predicted molar refractivity (Wildman–Crippen MR) is 78.3 cm³/mol. The highest BCUT2D eigenvalue weighted by Gasteiger charge is 2.26. The molecular weight excluding hydrogens is 234 g/mol. The van der Waals surface area contributed by atoms with Gasteiger partial charge in [0.15, 0.2) is 0 Å². The zero-order valence-corrected chi connectivity index (χ0v) is 12.2. The maximum absolute atomic E-state index is 4.60. The topological polar surface area (TPSA) is 29.9 Å². The van der Waals surface area contributed by atoms with Gasteiger partial charge in [-0.15, -0.1) is 0 Å². The summed E-state index contributed by atoms with van der Waals surface area (Å²) in [4.78, 5) is 4.60. The lowest BCUT2D eigenvalue weighted by atomic mass is 9.98. The van der Waals surface area contributed by atoms with Crippen LogP contribution in [0, 0.1) is 5.92 Å². The van der Waals surface area contributed by atoms with Crippen LogP contribution in [0.15, 0.2) is 6.33 Å². The van der Waals surface area contributed by atoms with Crippen molar-refractivity contribution in [1.29, 1.82) is 0 Å². The van der Waals surface area contributed by atoms with E-state index in [-0.39, 0.29) is 0 Å². The van der Waals surface area contributed by atoms with Gasteiger partial charge in [0.2, 0.25) is 0 Å². The van der Waals surface area contributed by atoms with E-state index in [2.05, 4.69) is 28.1 Å². The molecule has 2 unspecified atom stereocenters. The molecule has 1 fully saturated rings. The molecule has 0 bridgehead atoms. The van der Waals surface area contributed by atoms with Gasteiger partial charge in [-0.05, 0) is 57.4 Å². The Morgan fingerprint density at radius 3 is 3.05 bits per heavy atom. The Kier molecular flexibility index (Phi) is 4.21. The highest BCUT2D eigenvalue weighted by Crippen LogP contribution is 2.29. The van der Waals surface area contributed by atoms with Gasteiger partial charge < -0.3 is 9.88 Å². The summed E-state index contributed by atoms with van der Waals surface area (Å²) in [5.74, 6) is 0.876. The fraction of sp³-hybridized carbons (Fsp3) is 0.812. The number of fused-ring (bicyclic) bond motifs is 1. The first-order chi connectivity index (χ1) is 9.38. The van der Waals surface area contributed by atoms with Crippen LogP contribution in [-0.4, -0.2) is 22.1 Å². The summed E-state index contributed by atoms with van der Waals surface area (Å²) >= 11 is 0. The third kappa shape index (κ3) is 2.86. The number of aromatic nitrogens is 2. The van der Waals surface area contributed by atoms with E-state index in [1.807, 2.05) is 0 Å². The Morgan fingerprint density at radius 2 is 2.16 bits per heavy atom. The largest absolute Gasteiger partial charge is 0.334 e. The molecule has 1 aromatic heterocycles. The first-order valence-electron chi connectivity index (χ1n) is 8.14. The van der Waals surface area contributed by atoms with Gasteiger partial charge in [0.05, 0.1) is 12.0 Å². The van der Waals surface area contributed by atoms with E-state index in [1.165, 1.54) is 69.3 Å². The molecule has 2 aliphatic carbocycles. The van der Waals surface area contributed by atoms with Crippen LogP contribution in [0.3, 0.4) is 0 Å². The third-order valence-electron chi connectivity index (χ3n) is 4.98. The number of nitrogens with zero attached hydrogens (tertiary/aromatic N) is 2. The van der Waals surface area contributed by atoms with Crippen molar-refractivity contribution >= 4 is 0 Å². The summed E-state index contributed by atoms with van der Waals surface area (Å²) < 4.78 is 2.44. The summed E-state index contributed by atoms with van der Waals surface area (Å²) in [5.41, 5.74) is 2.91. The van der Waals surface area contributed by atoms with Crippen LogP contribution >= 0.6 is 0 Å². The van der Waals surface area contributed by atoms with Crippen molar-refractivity contribution in [2.75, 3.05) is 6.54 Å². The molecule has 1 saturated carbocycles. The van der Waals surface area contributed by atoms with Gasteiger partial charge >= 0.3 is 0 Å². The molecule has 106 valence electrons. The monoisotopic (exact) mass is 261 g/mol. The molecule has 0 saturated heterocycles. The number of aryl methyl sites for hydroxylation is 2. The highest BCUT2D eigenvalue weighted by molar-refractivity contribution is 5.16. The average molecular weight is 261 g/mol. The van der Waals surface area contributed by atoms with Gasteiger partial charge in [0.25, 0.3) is 0 Å². The zero-order chi connectivity index (χ0) is 13.1. The van der Waals surface area contributed by atoms with E-state index in [9.17, 15) is 0 Å². The van der Waals surface area contributed by atoms with E-state index >= 15 is 0 Å². The van der Waals surface area contributed by atoms with Gasteiger partial charge in [-0.2, -0.15) is 0 Å². The van der Waals surface area contributed by atoms with Crippen LogP contribution in [0.25, 0.3) is 0 Å². The second-order valence-corrected chi connectivity index (χ2v) is 6.18. The summed E-state index contributed by atoms with van der Waals surface area (Å²) in [6.07, 6.45) is 12.7.